The second-order valence-corrected chi connectivity index (χ2v) is 8.16. The van der Waals surface area contributed by atoms with E-state index in [4.69, 9.17) is 9.47 Å². The number of nitrogens with zero attached hydrogens (tertiary/aromatic N) is 1. The van der Waals surface area contributed by atoms with E-state index in [2.05, 4.69) is 5.32 Å². The van der Waals surface area contributed by atoms with Crippen molar-refractivity contribution < 1.29 is 23.5 Å². The predicted octanol–water partition coefficient (Wildman–Crippen LogP) is 5.32. The number of benzene rings is 3. The van der Waals surface area contributed by atoms with Crippen LogP contribution in [0.4, 0.5) is 14.9 Å². The molecule has 3 aromatic carbocycles. The first-order valence-corrected chi connectivity index (χ1v) is 11.3. The summed E-state index contributed by atoms with van der Waals surface area (Å²) in [5, 5.41) is 2.74. The van der Waals surface area contributed by atoms with Gasteiger partial charge in [-0.3, -0.25) is 10.1 Å². The van der Waals surface area contributed by atoms with Crippen LogP contribution >= 0.6 is 0 Å². The Morgan fingerprint density at radius 3 is 2.59 bits per heavy atom. The first-order valence-electron chi connectivity index (χ1n) is 11.3. The molecule has 0 saturated heterocycles. The lowest BCUT2D eigenvalue weighted by Gasteiger charge is -2.23. The molecule has 0 spiro atoms. The molecule has 1 aliphatic heterocycles. The number of hydrogen-bond acceptors (Lipinski definition) is 4. The highest BCUT2D eigenvalue weighted by molar-refractivity contribution is 5.85. The van der Waals surface area contributed by atoms with Crippen LogP contribution in [-0.2, 0) is 29.1 Å². The highest BCUT2D eigenvalue weighted by Crippen LogP contribution is 2.29. The minimum atomic E-state index is -0.580. The van der Waals surface area contributed by atoms with Gasteiger partial charge in [-0.15, -0.1) is 0 Å². The van der Waals surface area contributed by atoms with Crippen LogP contribution in [0.5, 0.6) is 5.75 Å². The van der Waals surface area contributed by atoms with E-state index in [-0.39, 0.29) is 18.3 Å². The molecule has 1 atom stereocenters. The molecule has 0 bridgehead atoms. The van der Waals surface area contributed by atoms with Crippen LogP contribution < -0.4 is 10.1 Å². The van der Waals surface area contributed by atoms with Crippen LogP contribution in [0, 0.1) is 5.82 Å². The monoisotopic (exact) mass is 462 g/mol. The second kappa shape index (κ2) is 10.8. The normalized spacial score (nSPS) is 15.2. The summed E-state index contributed by atoms with van der Waals surface area (Å²) < 4.78 is 24.5. The molecule has 34 heavy (non-hydrogen) atoms. The van der Waals surface area contributed by atoms with E-state index >= 15 is 0 Å². The molecule has 4 rings (SSSR count). The van der Waals surface area contributed by atoms with Crippen LogP contribution in [-0.4, -0.2) is 29.5 Å². The molecule has 0 saturated carbocycles. The van der Waals surface area contributed by atoms with Gasteiger partial charge in [-0.2, -0.15) is 0 Å². The molecule has 1 unspecified atom stereocenters. The zero-order valence-electron chi connectivity index (χ0n) is 19.0. The Hall–Kier alpha value is -3.87. The first-order chi connectivity index (χ1) is 16.5. The van der Waals surface area contributed by atoms with Crippen LogP contribution in [0.2, 0.25) is 0 Å². The van der Waals surface area contributed by atoms with Crippen molar-refractivity contribution in [3.8, 4) is 5.75 Å². The van der Waals surface area contributed by atoms with Gasteiger partial charge in [0.1, 0.15) is 18.2 Å². The SMILES string of the molecule is CCC1Oc2ccc(NC(=O)OCc3ccccc3)cc2CN(CCc2ccc(F)cc2)C1=O. The Balaban J connectivity index is 1.44. The summed E-state index contributed by atoms with van der Waals surface area (Å²) in [4.78, 5) is 27.1. The summed E-state index contributed by atoms with van der Waals surface area (Å²) in [7, 11) is 0. The van der Waals surface area contributed by atoms with E-state index in [1.165, 1.54) is 12.1 Å². The smallest absolute Gasteiger partial charge is 0.411 e. The number of rotatable bonds is 7. The van der Waals surface area contributed by atoms with Crippen molar-refractivity contribution >= 4 is 17.7 Å². The number of carbonyl (C=O) groups is 2. The maximum atomic E-state index is 13.2. The molecule has 7 heteroatoms. The molecule has 176 valence electrons. The third kappa shape index (κ3) is 5.92. The molecule has 3 aromatic rings. The fraction of sp³-hybridized carbons (Fsp3) is 0.259. The summed E-state index contributed by atoms with van der Waals surface area (Å²) >= 11 is 0. The Morgan fingerprint density at radius 1 is 1.09 bits per heavy atom. The number of hydrogen-bond donors (Lipinski definition) is 1. The van der Waals surface area contributed by atoms with Gasteiger partial charge in [-0.05, 0) is 54.3 Å². The van der Waals surface area contributed by atoms with Gasteiger partial charge in [0, 0.05) is 24.3 Å². The Kier molecular flexibility index (Phi) is 7.42. The number of amides is 2. The standard InChI is InChI=1S/C27H27FN2O4/c1-2-24-26(31)30(15-14-19-8-10-22(28)11-9-19)17-21-16-23(12-13-25(21)34-24)29-27(32)33-18-20-6-4-3-5-7-20/h3-13,16,24H,2,14-15,17-18H2,1H3,(H,29,32). The summed E-state index contributed by atoms with van der Waals surface area (Å²) in [5.41, 5.74) is 3.20. The van der Waals surface area contributed by atoms with E-state index < -0.39 is 12.2 Å². The molecule has 6 nitrogen and oxygen atoms in total. The largest absolute Gasteiger partial charge is 0.480 e. The van der Waals surface area contributed by atoms with Crippen LogP contribution in [0.15, 0.2) is 72.8 Å². The number of halogens is 1. The van der Waals surface area contributed by atoms with Crippen molar-refractivity contribution in [2.45, 2.75) is 39.0 Å². The number of fused-ring (bicyclic) bond motifs is 1. The highest BCUT2D eigenvalue weighted by Gasteiger charge is 2.29. The van der Waals surface area contributed by atoms with Crippen LogP contribution in [0.25, 0.3) is 0 Å². The zero-order chi connectivity index (χ0) is 23.9. The summed E-state index contributed by atoms with van der Waals surface area (Å²) in [6.45, 7) is 2.90. The molecule has 1 aliphatic rings. The lowest BCUT2D eigenvalue weighted by molar-refractivity contribution is -0.138. The van der Waals surface area contributed by atoms with Crippen molar-refractivity contribution in [1.29, 1.82) is 0 Å². The van der Waals surface area contributed by atoms with Gasteiger partial charge in [0.15, 0.2) is 6.10 Å². The predicted molar refractivity (Wildman–Crippen MR) is 127 cm³/mol. The number of carbonyl (C=O) groups excluding carboxylic acids is 2. The molecule has 2 amide bonds. The Bertz CT molecular complexity index is 1140. The Morgan fingerprint density at radius 2 is 1.85 bits per heavy atom. The van der Waals surface area contributed by atoms with Gasteiger partial charge >= 0.3 is 6.09 Å². The highest BCUT2D eigenvalue weighted by atomic mass is 19.1. The minimum absolute atomic E-state index is 0.0856. The van der Waals surface area contributed by atoms with Crippen LogP contribution in [0.3, 0.4) is 0 Å². The number of ether oxygens (including phenoxy) is 2. The molecule has 0 aliphatic carbocycles. The molecule has 0 radical (unpaired) electrons. The molecule has 1 heterocycles. The third-order valence-electron chi connectivity index (χ3n) is 5.69. The fourth-order valence-corrected chi connectivity index (χ4v) is 3.83. The van der Waals surface area contributed by atoms with E-state index in [0.717, 1.165) is 16.7 Å². The van der Waals surface area contributed by atoms with E-state index in [1.807, 2.05) is 37.3 Å². The fourth-order valence-electron chi connectivity index (χ4n) is 3.83. The van der Waals surface area contributed by atoms with E-state index in [1.54, 1.807) is 35.2 Å². The van der Waals surface area contributed by atoms with Crippen molar-refractivity contribution in [2.75, 3.05) is 11.9 Å². The van der Waals surface area contributed by atoms with Gasteiger partial charge < -0.3 is 14.4 Å². The zero-order valence-corrected chi connectivity index (χ0v) is 19.0. The summed E-state index contributed by atoms with van der Waals surface area (Å²) in [5.74, 6) is 0.246. The molecule has 0 aromatic heterocycles. The lowest BCUT2D eigenvalue weighted by Crippen LogP contribution is -2.40. The maximum Gasteiger partial charge on any atom is 0.411 e. The second-order valence-electron chi connectivity index (χ2n) is 8.16. The van der Waals surface area contributed by atoms with Crippen molar-refractivity contribution in [1.82, 2.24) is 4.90 Å². The van der Waals surface area contributed by atoms with E-state index in [0.29, 0.717) is 37.4 Å². The van der Waals surface area contributed by atoms with Crippen molar-refractivity contribution in [2.24, 2.45) is 0 Å². The van der Waals surface area contributed by atoms with Gasteiger partial charge in [-0.25, -0.2) is 9.18 Å². The lowest BCUT2D eigenvalue weighted by atomic mass is 10.1. The molecule has 0 fully saturated rings. The average molecular weight is 463 g/mol. The first kappa shape index (κ1) is 23.3. The summed E-state index contributed by atoms with van der Waals surface area (Å²) in [6.07, 6.45) is -0.00304. The average Bonchev–Trinajstić information content (AvgIpc) is 2.99. The minimum Gasteiger partial charge on any atom is -0.480 e. The van der Waals surface area contributed by atoms with E-state index in [9.17, 15) is 14.0 Å². The van der Waals surface area contributed by atoms with Gasteiger partial charge in [0.2, 0.25) is 0 Å². The number of anilines is 1. The van der Waals surface area contributed by atoms with Gasteiger partial charge in [-0.1, -0.05) is 49.4 Å². The third-order valence-corrected chi connectivity index (χ3v) is 5.69. The topological polar surface area (TPSA) is 67.9 Å². The molecule has 1 N–H and O–H groups in total. The molecular formula is C27H27FN2O4. The van der Waals surface area contributed by atoms with Crippen molar-refractivity contribution in [3.63, 3.8) is 0 Å². The Labute approximate surface area is 198 Å². The van der Waals surface area contributed by atoms with Gasteiger partial charge in [0.05, 0.1) is 0 Å². The molecular weight excluding hydrogens is 435 g/mol. The maximum absolute atomic E-state index is 13.2. The number of nitrogens with one attached hydrogen (secondary N) is 1. The van der Waals surface area contributed by atoms with Gasteiger partial charge in [0.25, 0.3) is 5.91 Å². The summed E-state index contributed by atoms with van der Waals surface area (Å²) in [6, 6.07) is 21.0. The van der Waals surface area contributed by atoms with Crippen LogP contribution in [0.1, 0.15) is 30.0 Å². The quantitative estimate of drug-likeness (QED) is 0.516. The van der Waals surface area contributed by atoms with Crippen molar-refractivity contribution in [3.05, 3.63) is 95.3 Å².